The first-order chi connectivity index (χ1) is 8.69. The van der Waals surface area contributed by atoms with Crippen molar-refractivity contribution in [2.45, 2.75) is 27.7 Å². The van der Waals surface area contributed by atoms with E-state index in [1.54, 1.807) is 0 Å². The molecule has 0 aliphatic carbocycles. The van der Waals surface area contributed by atoms with Crippen LogP contribution in [-0.2, 0) is 0 Å². The molecule has 5 nitrogen and oxygen atoms in total. The summed E-state index contributed by atoms with van der Waals surface area (Å²) in [7, 11) is 0. The molecule has 0 spiro atoms. The van der Waals surface area contributed by atoms with E-state index in [0.29, 0.717) is 0 Å². The molecule has 1 aromatic rings. The molecule has 2 N–H and O–H groups in total. The average Bonchev–Trinajstić information content (AvgIpc) is 2.34. The average molecular weight is 251 g/mol. The maximum absolute atomic E-state index is 4.38. The minimum absolute atomic E-state index is 0.791. The first kappa shape index (κ1) is 14.7. The molecule has 5 heteroatoms. The summed E-state index contributed by atoms with van der Waals surface area (Å²) in [6.45, 7) is 13.3. The minimum Gasteiger partial charge on any atom is -0.370 e. The molecule has 1 rings (SSSR count). The standard InChI is InChI=1S/C13H25N5/c1-5-14-12-10-13(17-11(4)16-12)15-8-9-18(6-2)7-3/h10H,5-9H2,1-4H3,(H2,14,15,16,17). The SMILES string of the molecule is CCNc1cc(NCCN(CC)CC)nc(C)n1. The van der Waals surface area contributed by atoms with Gasteiger partial charge in [0.25, 0.3) is 0 Å². The number of aryl methyl sites for hydroxylation is 1. The van der Waals surface area contributed by atoms with Crippen molar-refractivity contribution in [3.05, 3.63) is 11.9 Å². The van der Waals surface area contributed by atoms with Crippen LogP contribution in [0.25, 0.3) is 0 Å². The Kier molecular flexibility index (Phi) is 6.43. The number of hydrogen-bond donors (Lipinski definition) is 2. The van der Waals surface area contributed by atoms with Crippen molar-refractivity contribution in [3.63, 3.8) is 0 Å². The van der Waals surface area contributed by atoms with Crippen LogP contribution in [0.5, 0.6) is 0 Å². The highest BCUT2D eigenvalue weighted by atomic mass is 15.1. The van der Waals surface area contributed by atoms with Gasteiger partial charge in [-0.05, 0) is 26.9 Å². The molecule has 0 aliphatic rings. The van der Waals surface area contributed by atoms with Crippen molar-refractivity contribution < 1.29 is 0 Å². The van der Waals surface area contributed by atoms with Crippen LogP contribution in [0.15, 0.2) is 6.07 Å². The van der Waals surface area contributed by atoms with E-state index in [1.165, 1.54) is 0 Å². The molecule has 0 aromatic carbocycles. The van der Waals surface area contributed by atoms with Gasteiger partial charge in [0.15, 0.2) is 0 Å². The third-order valence-corrected chi connectivity index (χ3v) is 2.82. The number of hydrogen-bond acceptors (Lipinski definition) is 5. The maximum atomic E-state index is 4.38. The number of nitrogens with one attached hydrogen (secondary N) is 2. The van der Waals surface area contributed by atoms with E-state index >= 15 is 0 Å². The zero-order valence-electron chi connectivity index (χ0n) is 12.0. The van der Waals surface area contributed by atoms with Gasteiger partial charge >= 0.3 is 0 Å². The van der Waals surface area contributed by atoms with Gasteiger partial charge in [-0.2, -0.15) is 0 Å². The molecule has 102 valence electrons. The van der Waals surface area contributed by atoms with Gasteiger partial charge in [-0.25, -0.2) is 9.97 Å². The summed E-state index contributed by atoms with van der Waals surface area (Å²) >= 11 is 0. The lowest BCUT2D eigenvalue weighted by Gasteiger charge is -2.18. The number of anilines is 2. The molecular weight excluding hydrogens is 226 g/mol. The molecule has 0 radical (unpaired) electrons. The second kappa shape index (κ2) is 7.87. The summed E-state index contributed by atoms with van der Waals surface area (Å²) < 4.78 is 0. The van der Waals surface area contributed by atoms with E-state index < -0.39 is 0 Å². The quantitative estimate of drug-likeness (QED) is 0.740. The Morgan fingerprint density at radius 1 is 1.06 bits per heavy atom. The number of likely N-dealkylation sites (N-methyl/N-ethyl adjacent to an activating group) is 1. The van der Waals surface area contributed by atoms with Crippen LogP contribution < -0.4 is 10.6 Å². The van der Waals surface area contributed by atoms with E-state index in [-0.39, 0.29) is 0 Å². The molecule has 0 atom stereocenters. The molecule has 0 aliphatic heterocycles. The van der Waals surface area contributed by atoms with Gasteiger partial charge in [0, 0.05) is 25.7 Å². The van der Waals surface area contributed by atoms with Crippen molar-refractivity contribution in [3.8, 4) is 0 Å². The van der Waals surface area contributed by atoms with E-state index in [1.807, 2.05) is 13.0 Å². The topological polar surface area (TPSA) is 53.1 Å². The zero-order valence-corrected chi connectivity index (χ0v) is 12.0. The van der Waals surface area contributed by atoms with Crippen LogP contribution in [0.1, 0.15) is 26.6 Å². The molecule has 1 aromatic heterocycles. The van der Waals surface area contributed by atoms with Crippen molar-refractivity contribution in [2.24, 2.45) is 0 Å². The Labute approximate surface area is 110 Å². The Balaban J connectivity index is 2.51. The van der Waals surface area contributed by atoms with Crippen LogP contribution in [-0.4, -0.2) is 47.6 Å². The van der Waals surface area contributed by atoms with Crippen molar-refractivity contribution in [1.29, 1.82) is 0 Å². The molecule has 0 unspecified atom stereocenters. The predicted octanol–water partition coefficient (Wildman–Crippen LogP) is 1.97. The minimum atomic E-state index is 0.791. The number of rotatable bonds is 8. The second-order valence-corrected chi connectivity index (χ2v) is 4.17. The van der Waals surface area contributed by atoms with E-state index in [0.717, 1.165) is 50.2 Å². The Hall–Kier alpha value is -1.36. The molecule has 0 saturated heterocycles. The normalized spacial score (nSPS) is 10.7. The molecule has 0 amide bonds. The fourth-order valence-corrected chi connectivity index (χ4v) is 1.81. The van der Waals surface area contributed by atoms with Gasteiger partial charge in [-0.3, -0.25) is 0 Å². The Morgan fingerprint density at radius 2 is 1.67 bits per heavy atom. The highest BCUT2D eigenvalue weighted by Gasteiger charge is 2.02. The van der Waals surface area contributed by atoms with Crippen LogP contribution in [0, 0.1) is 6.92 Å². The summed E-state index contributed by atoms with van der Waals surface area (Å²) in [4.78, 5) is 11.1. The van der Waals surface area contributed by atoms with Crippen LogP contribution in [0.2, 0.25) is 0 Å². The number of nitrogens with zero attached hydrogens (tertiary/aromatic N) is 3. The lowest BCUT2D eigenvalue weighted by atomic mass is 10.4. The highest BCUT2D eigenvalue weighted by molar-refractivity contribution is 5.47. The molecule has 0 bridgehead atoms. The summed E-state index contributed by atoms with van der Waals surface area (Å²) in [6.07, 6.45) is 0. The van der Waals surface area contributed by atoms with Gasteiger partial charge in [0.1, 0.15) is 17.5 Å². The lowest BCUT2D eigenvalue weighted by Crippen LogP contribution is -2.28. The molecule has 18 heavy (non-hydrogen) atoms. The van der Waals surface area contributed by atoms with E-state index in [9.17, 15) is 0 Å². The summed E-state index contributed by atoms with van der Waals surface area (Å²) in [5.41, 5.74) is 0. The van der Waals surface area contributed by atoms with Crippen LogP contribution in [0.4, 0.5) is 11.6 Å². The molecule has 1 heterocycles. The predicted molar refractivity (Wildman–Crippen MR) is 77.2 cm³/mol. The summed E-state index contributed by atoms with van der Waals surface area (Å²) in [5.74, 6) is 2.57. The van der Waals surface area contributed by atoms with Crippen LogP contribution >= 0.6 is 0 Å². The largest absolute Gasteiger partial charge is 0.370 e. The second-order valence-electron chi connectivity index (χ2n) is 4.17. The zero-order chi connectivity index (χ0) is 13.4. The van der Waals surface area contributed by atoms with Crippen molar-refractivity contribution in [2.75, 3.05) is 43.4 Å². The summed E-state index contributed by atoms with van der Waals surface area (Å²) in [5, 5.41) is 6.56. The van der Waals surface area contributed by atoms with Crippen molar-refractivity contribution >= 4 is 11.6 Å². The smallest absolute Gasteiger partial charge is 0.131 e. The summed E-state index contributed by atoms with van der Waals surface area (Å²) in [6, 6.07) is 1.96. The lowest BCUT2D eigenvalue weighted by molar-refractivity contribution is 0.316. The van der Waals surface area contributed by atoms with Crippen LogP contribution in [0.3, 0.4) is 0 Å². The first-order valence-corrected chi connectivity index (χ1v) is 6.75. The Morgan fingerprint density at radius 3 is 2.22 bits per heavy atom. The van der Waals surface area contributed by atoms with Crippen molar-refractivity contribution in [1.82, 2.24) is 14.9 Å². The fraction of sp³-hybridized carbons (Fsp3) is 0.692. The van der Waals surface area contributed by atoms with Gasteiger partial charge in [-0.15, -0.1) is 0 Å². The fourth-order valence-electron chi connectivity index (χ4n) is 1.81. The van der Waals surface area contributed by atoms with E-state index in [4.69, 9.17) is 0 Å². The first-order valence-electron chi connectivity index (χ1n) is 6.75. The third kappa shape index (κ3) is 4.87. The Bertz CT molecular complexity index is 349. The highest BCUT2D eigenvalue weighted by Crippen LogP contribution is 2.10. The van der Waals surface area contributed by atoms with Gasteiger partial charge in [0.05, 0.1) is 0 Å². The molecule has 0 fully saturated rings. The van der Waals surface area contributed by atoms with E-state index in [2.05, 4.69) is 46.3 Å². The number of aromatic nitrogens is 2. The van der Waals surface area contributed by atoms with Gasteiger partial charge in [-0.1, -0.05) is 13.8 Å². The molecular formula is C13H25N5. The third-order valence-electron chi connectivity index (χ3n) is 2.82. The van der Waals surface area contributed by atoms with Gasteiger partial charge < -0.3 is 15.5 Å². The monoisotopic (exact) mass is 251 g/mol. The molecule has 0 saturated carbocycles. The maximum Gasteiger partial charge on any atom is 0.131 e. The van der Waals surface area contributed by atoms with Gasteiger partial charge in [0.2, 0.25) is 0 Å².